The number of rotatable bonds is 10. The average Bonchev–Trinajstić information content (AvgIpc) is 2.95. The van der Waals surface area contributed by atoms with E-state index >= 15 is 0 Å². The van der Waals surface area contributed by atoms with Crippen LogP contribution in [0.15, 0.2) is 30.9 Å². The predicted molar refractivity (Wildman–Crippen MR) is 101 cm³/mol. The molecule has 5 heteroatoms. The Morgan fingerprint density at radius 2 is 1.92 bits per heavy atom. The Labute approximate surface area is 145 Å². The van der Waals surface area contributed by atoms with Gasteiger partial charge in [0, 0.05) is 19.0 Å². The van der Waals surface area contributed by atoms with Gasteiger partial charge in [-0.25, -0.2) is 4.98 Å². The van der Waals surface area contributed by atoms with Gasteiger partial charge in [0.1, 0.15) is 5.82 Å². The maximum absolute atomic E-state index is 5.53. The largest absolute Gasteiger partial charge is 0.377 e. The molecule has 0 unspecified atom stereocenters. The highest BCUT2D eigenvalue weighted by molar-refractivity contribution is 5.79. The fraction of sp³-hybridized carbons (Fsp3) is 0.526. The Kier molecular flexibility index (Phi) is 6.97. The molecule has 5 nitrogen and oxygen atoms in total. The summed E-state index contributed by atoms with van der Waals surface area (Å²) >= 11 is 0. The van der Waals surface area contributed by atoms with Crippen LogP contribution in [-0.4, -0.2) is 74.3 Å². The molecule has 0 saturated carbocycles. The molecule has 0 bridgehead atoms. The third kappa shape index (κ3) is 5.16. The zero-order chi connectivity index (χ0) is 17.5. The van der Waals surface area contributed by atoms with E-state index in [9.17, 15) is 0 Å². The van der Waals surface area contributed by atoms with E-state index in [4.69, 9.17) is 9.72 Å². The van der Waals surface area contributed by atoms with Crippen LogP contribution in [0.3, 0.4) is 0 Å². The molecule has 2 rings (SSSR count). The number of ether oxygens (including phenoxy) is 1. The van der Waals surface area contributed by atoms with E-state index in [0.29, 0.717) is 19.1 Å². The van der Waals surface area contributed by atoms with Crippen LogP contribution in [0.4, 0.5) is 0 Å². The fourth-order valence-electron chi connectivity index (χ4n) is 2.97. The minimum absolute atomic E-state index is 0.354. The first-order valence-electron chi connectivity index (χ1n) is 8.47. The topological polar surface area (TPSA) is 44.4 Å². The van der Waals surface area contributed by atoms with E-state index in [1.165, 1.54) is 5.56 Å². The SMILES string of the molecule is C=CCOCCc1cccc2[nH]c(C(CN(C)C)CN(C)C)nc12. The van der Waals surface area contributed by atoms with Gasteiger partial charge in [0.2, 0.25) is 0 Å². The number of nitrogens with one attached hydrogen (secondary N) is 1. The molecule has 0 aliphatic rings. The fourth-order valence-corrected chi connectivity index (χ4v) is 2.97. The average molecular weight is 330 g/mol. The molecule has 0 aliphatic carbocycles. The maximum Gasteiger partial charge on any atom is 0.112 e. The van der Waals surface area contributed by atoms with E-state index in [1.807, 2.05) is 0 Å². The van der Waals surface area contributed by atoms with Gasteiger partial charge in [0.15, 0.2) is 0 Å². The first-order chi connectivity index (χ1) is 11.5. The van der Waals surface area contributed by atoms with Crippen LogP contribution >= 0.6 is 0 Å². The van der Waals surface area contributed by atoms with Gasteiger partial charge >= 0.3 is 0 Å². The van der Waals surface area contributed by atoms with Crippen molar-refractivity contribution in [2.24, 2.45) is 0 Å². The van der Waals surface area contributed by atoms with Crippen LogP contribution in [-0.2, 0) is 11.2 Å². The molecule has 1 N–H and O–H groups in total. The number of para-hydroxylation sites is 1. The van der Waals surface area contributed by atoms with Crippen molar-refractivity contribution >= 4 is 11.0 Å². The molecular formula is C19H30N4O. The summed E-state index contributed by atoms with van der Waals surface area (Å²) in [5.74, 6) is 1.42. The van der Waals surface area contributed by atoms with Crippen LogP contribution in [0.25, 0.3) is 11.0 Å². The highest BCUT2D eigenvalue weighted by Gasteiger charge is 2.18. The molecule has 0 saturated heterocycles. The number of likely N-dealkylation sites (N-methyl/N-ethyl adjacent to an activating group) is 2. The lowest BCUT2D eigenvalue weighted by molar-refractivity contribution is 0.166. The van der Waals surface area contributed by atoms with Crippen molar-refractivity contribution in [1.29, 1.82) is 0 Å². The molecule has 0 radical (unpaired) electrons. The number of benzene rings is 1. The predicted octanol–water partition coefficient (Wildman–Crippen LogP) is 2.51. The smallest absolute Gasteiger partial charge is 0.112 e. The molecule has 0 spiro atoms. The van der Waals surface area contributed by atoms with Gasteiger partial charge in [0.25, 0.3) is 0 Å². The lowest BCUT2D eigenvalue weighted by Crippen LogP contribution is -2.29. The van der Waals surface area contributed by atoms with Crippen molar-refractivity contribution in [2.45, 2.75) is 12.3 Å². The number of hydrogen-bond donors (Lipinski definition) is 1. The summed E-state index contributed by atoms with van der Waals surface area (Å²) in [6.45, 7) is 6.89. The van der Waals surface area contributed by atoms with Crippen LogP contribution < -0.4 is 0 Å². The zero-order valence-electron chi connectivity index (χ0n) is 15.4. The Morgan fingerprint density at radius 1 is 1.21 bits per heavy atom. The Bertz CT molecular complexity index is 638. The summed E-state index contributed by atoms with van der Waals surface area (Å²) in [6, 6.07) is 6.32. The molecule has 1 heterocycles. The van der Waals surface area contributed by atoms with Crippen molar-refractivity contribution in [3.05, 3.63) is 42.2 Å². The summed E-state index contributed by atoms with van der Waals surface area (Å²) in [7, 11) is 8.42. The number of H-pyrrole nitrogens is 1. The number of hydrogen-bond acceptors (Lipinski definition) is 4. The first-order valence-corrected chi connectivity index (χ1v) is 8.47. The molecular weight excluding hydrogens is 300 g/mol. The second kappa shape index (κ2) is 8.97. The third-order valence-electron chi connectivity index (χ3n) is 3.92. The van der Waals surface area contributed by atoms with E-state index in [2.05, 4.69) is 67.8 Å². The van der Waals surface area contributed by atoms with Crippen LogP contribution in [0.2, 0.25) is 0 Å². The van der Waals surface area contributed by atoms with Crippen molar-refractivity contribution in [2.75, 3.05) is 54.5 Å². The highest BCUT2D eigenvalue weighted by Crippen LogP contribution is 2.22. The van der Waals surface area contributed by atoms with Gasteiger partial charge in [-0.15, -0.1) is 6.58 Å². The maximum atomic E-state index is 5.53. The number of nitrogens with zero attached hydrogens (tertiary/aromatic N) is 3. The Hall–Kier alpha value is -1.69. The van der Waals surface area contributed by atoms with E-state index < -0.39 is 0 Å². The first kappa shape index (κ1) is 18.6. The van der Waals surface area contributed by atoms with E-state index in [-0.39, 0.29) is 0 Å². The monoisotopic (exact) mass is 330 g/mol. The molecule has 0 fully saturated rings. The van der Waals surface area contributed by atoms with Crippen LogP contribution in [0.1, 0.15) is 17.3 Å². The molecule has 0 amide bonds. The quantitative estimate of drug-likeness (QED) is 0.537. The summed E-state index contributed by atoms with van der Waals surface area (Å²) in [5.41, 5.74) is 3.40. The van der Waals surface area contributed by atoms with E-state index in [0.717, 1.165) is 36.4 Å². The molecule has 24 heavy (non-hydrogen) atoms. The molecule has 2 aromatic rings. The normalized spacial score (nSPS) is 12.0. The van der Waals surface area contributed by atoms with Gasteiger partial charge < -0.3 is 19.5 Å². The van der Waals surface area contributed by atoms with Gasteiger partial charge in [-0.2, -0.15) is 0 Å². The minimum Gasteiger partial charge on any atom is -0.377 e. The third-order valence-corrected chi connectivity index (χ3v) is 3.92. The number of aromatic amines is 1. The minimum atomic E-state index is 0.354. The van der Waals surface area contributed by atoms with Gasteiger partial charge in [0.05, 0.1) is 24.2 Å². The van der Waals surface area contributed by atoms with Crippen molar-refractivity contribution in [1.82, 2.24) is 19.8 Å². The van der Waals surface area contributed by atoms with E-state index in [1.54, 1.807) is 6.08 Å². The van der Waals surface area contributed by atoms with Gasteiger partial charge in [-0.3, -0.25) is 0 Å². The zero-order valence-corrected chi connectivity index (χ0v) is 15.4. The van der Waals surface area contributed by atoms with Gasteiger partial charge in [-0.05, 0) is 46.2 Å². The summed E-state index contributed by atoms with van der Waals surface area (Å²) in [5, 5.41) is 0. The van der Waals surface area contributed by atoms with Crippen LogP contribution in [0.5, 0.6) is 0 Å². The number of aromatic nitrogens is 2. The Morgan fingerprint density at radius 3 is 2.54 bits per heavy atom. The molecule has 0 aliphatic heterocycles. The van der Waals surface area contributed by atoms with Crippen molar-refractivity contribution in [3.8, 4) is 0 Å². The molecule has 1 aromatic heterocycles. The highest BCUT2D eigenvalue weighted by atomic mass is 16.5. The summed E-state index contributed by atoms with van der Waals surface area (Å²) in [6.07, 6.45) is 2.64. The standard InChI is InChI=1S/C19H30N4O/c1-6-11-24-12-10-15-8-7-9-17-18(15)21-19(20-17)16(13-22(2)3)14-23(4)5/h6-9,16H,1,10-14H2,2-5H3,(H,20,21). The Balaban J connectivity index is 2.23. The number of fused-ring (bicyclic) bond motifs is 1. The molecule has 1 aromatic carbocycles. The van der Waals surface area contributed by atoms with Crippen molar-refractivity contribution in [3.63, 3.8) is 0 Å². The second-order valence-electron chi connectivity index (χ2n) is 6.77. The molecule has 0 atom stereocenters. The summed E-state index contributed by atoms with van der Waals surface area (Å²) in [4.78, 5) is 12.9. The van der Waals surface area contributed by atoms with Crippen LogP contribution in [0, 0.1) is 0 Å². The van der Waals surface area contributed by atoms with Crippen molar-refractivity contribution < 1.29 is 4.74 Å². The lowest BCUT2D eigenvalue weighted by Gasteiger charge is -2.22. The lowest BCUT2D eigenvalue weighted by atomic mass is 10.1. The second-order valence-corrected chi connectivity index (χ2v) is 6.77. The molecule has 132 valence electrons. The number of imidazole rings is 1. The summed E-state index contributed by atoms with van der Waals surface area (Å²) < 4.78 is 5.53. The van der Waals surface area contributed by atoms with Gasteiger partial charge in [-0.1, -0.05) is 18.2 Å².